The van der Waals surface area contributed by atoms with Gasteiger partial charge in [-0.05, 0) is 43.1 Å². The molecule has 1 heterocycles. The molecular weight excluding hydrogens is 212 g/mol. The van der Waals surface area contributed by atoms with Crippen LogP contribution in [0, 0.1) is 11.8 Å². The highest BCUT2D eigenvalue weighted by Gasteiger charge is 2.27. The first-order valence-electron chi connectivity index (χ1n) is 6.62. The van der Waals surface area contributed by atoms with Gasteiger partial charge >= 0.3 is 0 Å². The van der Waals surface area contributed by atoms with E-state index < -0.39 is 0 Å². The number of aryl methyl sites for hydroxylation is 2. The van der Waals surface area contributed by atoms with E-state index in [0.29, 0.717) is 6.04 Å². The Balaban J connectivity index is 1.83. The van der Waals surface area contributed by atoms with Crippen LogP contribution in [-0.4, -0.2) is 15.8 Å². The molecule has 0 radical (unpaired) electrons. The molecule has 1 aliphatic rings. The Hall–Kier alpha value is -0.870. The van der Waals surface area contributed by atoms with Crippen molar-refractivity contribution >= 4 is 0 Å². The van der Waals surface area contributed by atoms with Crippen LogP contribution < -0.4 is 11.3 Å². The van der Waals surface area contributed by atoms with Gasteiger partial charge in [0.2, 0.25) is 0 Å². The Morgan fingerprint density at radius 1 is 1.59 bits per heavy atom. The Morgan fingerprint density at radius 3 is 2.94 bits per heavy atom. The maximum Gasteiger partial charge on any atom is 0.0521 e. The molecule has 0 saturated heterocycles. The Bertz CT molecular complexity index is 347. The minimum atomic E-state index is 0.458. The smallest absolute Gasteiger partial charge is 0.0521 e. The van der Waals surface area contributed by atoms with Crippen LogP contribution >= 0.6 is 0 Å². The summed E-state index contributed by atoms with van der Waals surface area (Å²) >= 11 is 0. The van der Waals surface area contributed by atoms with E-state index in [1.165, 1.54) is 24.8 Å². The molecule has 1 aromatic rings. The molecule has 0 aliphatic heterocycles. The number of hydrogen-bond acceptors (Lipinski definition) is 3. The number of nitrogens with zero attached hydrogens (tertiary/aromatic N) is 2. The van der Waals surface area contributed by atoms with E-state index in [1.54, 1.807) is 0 Å². The third kappa shape index (κ3) is 3.30. The van der Waals surface area contributed by atoms with Gasteiger partial charge in [-0.2, -0.15) is 5.10 Å². The highest BCUT2D eigenvalue weighted by molar-refractivity contribution is 5.04. The fraction of sp³-hybridized carbons (Fsp3) is 0.769. The first-order chi connectivity index (χ1) is 8.19. The highest BCUT2D eigenvalue weighted by Crippen LogP contribution is 2.33. The van der Waals surface area contributed by atoms with Crippen LogP contribution in [0.15, 0.2) is 12.4 Å². The number of hydrazine groups is 1. The molecule has 0 bridgehead atoms. The molecule has 1 aliphatic carbocycles. The van der Waals surface area contributed by atoms with E-state index in [1.807, 2.05) is 17.9 Å². The van der Waals surface area contributed by atoms with E-state index in [2.05, 4.69) is 23.6 Å². The number of rotatable bonds is 5. The molecule has 17 heavy (non-hydrogen) atoms. The maximum absolute atomic E-state index is 5.70. The van der Waals surface area contributed by atoms with E-state index in [0.717, 1.165) is 24.7 Å². The van der Waals surface area contributed by atoms with Crippen molar-refractivity contribution in [2.24, 2.45) is 24.7 Å². The van der Waals surface area contributed by atoms with Gasteiger partial charge in [-0.1, -0.05) is 13.3 Å². The van der Waals surface area contributed by atoms with Crippen molar-refractivity contribution in [3.63, 3.8) is 0 Å². The molecule has 4 nitrogen and oxygen atoms in total. The summed E-state index contributed by atoms with van der Waals surface area (Å²) < 4.78 is 1.86. The predicted molar refractivity (Wildman–Crippen MR) is 69.1 cm³/mol. The molecule has 0 aromatic carbocycles. The second kappa shape index (κ2) is 5.65. The van der Waals surface area contributed by atoms with E-state index in [4.69, 9.17) is 5.84 Å². The second-order valence-corrected chi connectivity index (χ2v) is 5.51. The van der Waals surface area contributed by atoms with E-state index >= 15 is 0 Å². The van der Waals surface area contributed by atoms with Crippen LogP contribution in [0.4, 0.5) is 0 Å². The molecular formula is C13H24N4. The topological polar surface area (TPSA) is 55.9 Å². The SMILES string of the molecule is CC1CCC(C(CCc2cnn(C)c2)NN)C1. The standard InChI is InChI=1S/C13H24N4/c1-10-3-5-12(7-10)13(16-14)6-4-11-8-15-17(2)9-11/h8-10,12-13,16H,3-7,14H2,1-2H3. The number of nitrogens with one attached hydrogen (secondary N) is 1. The van der Waals surface area contributed by atoms with Gasteiger partial charge in [0.15, 0.2) is 0 Å². The zero-order chi connectivity index (χ0) is 12.3. The highest BCUT2D eigenvalue weighted by atomic mass is 15.2. The van der Waals surface area contributed by atoms with Gasteiger partial charge in [-0.25, -0.2) is 0 Å². The lowest BCUT2D eigenvalue weighted by Crippen LogP contribution is -2.40. The second-order valence-electron chi connectivity index (χ2n) is 5.51. The first kappa shape index (κ1) is 12.6. The fourth-order valence-corrected chi connectivity index (χ4v) is 2.99. The molecule has 1 fully saturated rings. The third-order valence-corrected chi connectivity index (χ3v) is 4.02. The van der Waals surface area contributed by atoms with Crippen LogP contribution in [0.5, 0.6) is 0 Å². The van der Waals surface area contributed by atoms with Crippen molar-refractivity contribution < 1.29 is 0 Å². The van der Waals surface area contributed by atoms with Crippen molar-refractivity contribution in [2.45, 2.75) is 45.1 Å². The van der Waals surface area contributed by atoms with Crippen LogP contribution in [0.3, 0.4) is 0 Å². The van der Waals surface area contributed by atoms with Gasteiger partial charge < -0.3 is 0 Å². The third-order valence-electron chi connectivity index (χ3n) is 4.02. The minimum Gasteiger partial charge on any atom is -0.276 e. The quantitative estimate of drug-likeness (QED) is 0.603. The zero-order valence-corrected chi connectivity index (χ0v) is 10.9. The predicted octanol–water partition coefficient (Wildman–Crippen LogP) is 1.62. The van der Waals surface area contributed by atoms with Crippen molar-refractivity contribution in [1.82, 2.24) is 15.2 Å². The van der Waals surface area contributed by atoms with Crippen LogP contribution in [0.25, 0.3) is 0 Å². The largest absolute Gasteiger partial charge is 0.276 e. The summed E-state index contributed by atoms with van der Waals surface area (Å²) in [4.78, 5) is 0. The average molecular weight is 236 g/mol. The maximum atomic E-state index is 5.70. The summed E-state index contributed by atoms with van der Waals surface area (Å²) in [5.74, 6) is 7.32. The molecule has 3 atom stereocenters. The molecule has 96 valence electrons. The van der Waals surface area contributed by atoms with E-state index in [9.17, 15) is 0 Å². The summed E-state index contributed by atoms with van der Waals surface area (Å²) in [5, 5.41) is 4.19. The average Bonchev–Trinajstić information content (AvgIpc) is 2.89. The molecule has 3 unspecified atom stereocenters. The lowest BCUT2D eigenvalue weighted by molar-refractivity contribution is 0.337. The van der Waals surface area contributed by atoms with Crippen molar-refractivity contribution in [3.05, 3.63) is 18.0 Å². The normalized spacial score (nSPS) is 26.3. The lowest BCUT2D eigenvalue weighted by atomic mass is 9.93. The van der Waals surface area contributed by atoms with E-state index in [-0.39, 0.29) is 0 Å². The summed E-state index contributed by atoms with van der Waals surface area (Å²) in [6, 6.07) is 0.458. The molecule has 2 rings (SSSR count). The van der Waals surface area contributed by atoms with Gasteiger partial charge in [0.25, 0.3) is 0 Å². The molecule has 0 spiro atoms. The Kier molecular flexibility index (Phi) is 4.18. The molecule has 0 amide bonds. The fourth-order valence-electron chi connectivity index (χ4n) is 2.99. The van der Waals surface area contributed by atoms with Gasteiger partial charge in [0.05, 0.1) is 6.20 Å². The first-order valence-corrected chi connectivity index (χ1v) is 6.62. The van der Waals surface area contributed by atoms with Gasteiger partial charge in [0.1, 0.15) is 0 Å². The summed E-state index contributed by atoms with van der Waals surface area (Å²) in [5.41, 5.74) is 4.32. The van der Waals surface area contributed by atoms with Gasteiger partial charge in [0, 0.05) is 19.3 Å². The molecule has 1 saturated carbocycles. The summed E-state index contributed by atoms with van der Waals surface area (Å²) in [7, 11) is 1.96. The monoisotopic (exact) mass is 236 g/mol. The zero-order valence-electron chi connectivity index (χ0n) is 10.9. The van der Waals surface area contributed by atoms with Crippen molar-refractivity contribution in [3.8, 4) is 0 Å². The van der Waals surface area contributed by atoms with Crippen molar-refractivity contribution in [2.75, 3.05) is 0 Å². The van der Waals surface area contributed by atoms with Gasteiger partial charge in [-0.15, -0.1) is 0 Å². The summed E-state index contributed by atoms with van der Waals surface area (Å²) in [6.45, 7) is 2.34. The van der Waals surface area contributed by atoms with Crippen LogP contribution in [0.2, 0.25) is 0 Å². The van der Waals surface area contributed by atoms with Crippen LogP contribution in [0.1, 0.15) is 38.2 Å². The molecule has 1 aromatic heterocycles. The minimum absolute atomic E-state index is 0.458. The number of nitrogens with two attached hydrogens (primary N) is 1. The van der Waals surface area contributed by atoms with Crippen molar-refractivity contribution in [1.29, 1.82) is 0 Å². The number of aromatic nitrogens is 2. The number of hydrogen-bond donors (Lipinski definition) is 2. The Labute approximate surface area is 104 Å². The lowest BCUT2D eigenvalue weighted by Gasteiger charge is -2.22. The summed E-state index contributed by atoms with van der Waals surface area (Å²) in [6.07, 6.45) is 10.2. The Morgan fingerprint density at radius 2 is 2.41 bits per heavy atom. The molecule has 4 heteroatoms. The molecule has 3 N–H and O–H groups in total. The van der Waals surface area contributed by atoms with Crippen LogP contribution in [-0.2, 0) is 13.5 Å². The van der Waals surface area contributed by atoms with Gasteiger partial charge in [-0.3, -0.25) is 16.0 Å².